The summed E-state index contributed by atoms with van der Waals surface area (Å²) in [5, 5.41) is 9.87. The fraction of sp³-hybridized carbons (Fsp3) is 0.643. The zero-order valence-electron chi connectivity index (χ0n) is 12.0. The Bertz CT molecular complexity index is 416. The van der Waals surface area contributed by atoms with Crippen molar-refractivity contribution in [1.29, 1.82) is 0 Å². The Morgan fingerprint density at radius 2 is 2.20 bits per heavy atom. The third-order valence-corrected chi connectivity index (χ3v) is 4.15. The van der Waals surface area contributed by atoms with Crippen LogP contribution in [-0.2, 0) is 9.47 Å². The van der Waals surface area contributed by atoms with Crippen molar-refractivity contribution in [3.8, 4) is 0 Å². The molecule has 0 saturated carbocycles. The molecule has 20 heavy (non-hydrogen) atoms. The summed E-state index contributed by atoms with van der Waals surface area (Å²) in [6, 6.07) is 1.94. The number of ether oxygens (including phenoxy) is 2. The molecule has 0 aromatic carbocycles. The quantitative estimate of drug-likeness (QED) is 0.847. The van der Waals surface area contributed by atoms with E-state index < -0.39 is 5.79 Å². The lowest BCUT2D eigenvalue weighted by atomic mass is 10.1. The van der Waals surface area contributed by atoms with Crippen LogP contribution in [0, 0.1) is 0 Å². The molecule has 2 rings (SSSR count). The van der Waals surface area contributed by atoms with E-state index in [1.165, 1.54) is 5.56 Å². The molecule has 2 amide bonds. The van der Waals surface area contributed by atoms with Gasteiger partial charge in [0.25, 0.3) is 0 Å². The van der Waals surface area contributed by atoms with Gasteiger partial charge in [0.05, 0.1) is 13.2 Å². The molecule has 1 atom stereocenters. The lowest BCUT2D eigenvalue weighted by Gasteiger charge is -2.22. The Morgan fingerprint density at radius 1 is 1.45 bits per heavy atom. The van der Waals surface area contributed by atoms with Crippen molar-refractivity contribution in [1.82, 2.24) is 10.6 Å². The summed E-state index contributed by atoms with van der Waals surface area (Å²) < 4.78 is 11.0. The van der Waals surface area contributed by atoms with Crippen molar-refractivity contribution in [2.45, 2.75) is 32.0 Å². The van der Waals surface area contributed by atoms with E-state index in [4.69, 9.17) is 9.47 Å². The molecule has 1 aliphatic heterocycles. The molecular weight excluding hydrogens is 276 g/mol. The Labute approximate surface area is 123 Å². The Balaban J connectivity index is 1.61. The molecule has 0 unspecified atom stereocenters. The fourth-order valence-electron chi connectivity index (χ4n) is 2.09. The highest BCUT2D eigenvalue weighted by molar-refractivity contribution is 7.07. The second kappa shape index (κ2) is 7.06. The Hall–Kier alpha value is -1.11. The summed E-state index contributed by atoms with van der Waals surface area (Å²) >= 11 is 1.67. The van der Waals surface area contributed by atoms with Gasteiger partial charge in [0.15, 0.2) is 5.79 Å². The minimum absolute atomic E-state index is 0.145. The topological polar surface area (TPSA) is 59.6 Å². The van der Waals surface area contributed by atoms with Gasteiger partial charge in [-0.3, -0.25) is 0 Å². The molecule has 1 aliphatic rings. The van der Waals surface area contributed by atoms with E-state index in [9.17, 15) is 4.79 Å². The van der Waals surface area contributed by atoms with Gasteiger partial charge in [-0.1, -0.05) is 6.92 Å². The first-order chi connectivity index (χ1) is 9.59. The third kappa shape index (κ3) is 4.47. The van der Waals surface area contributed by atoms with Gasteiger partial charge in [-0.15, -0.1) is 0 Å². The van der Waals surface area contributed by atoms with E-state index in [0.717, 1.165) is 0 Å². The average Bonchev–Trinajstić information content (AvgIpc) is 3.07. The molecule has 1 aromatic rings. The van der Waals surface area contributed by atoms with Gasteiger partial charge in [-0.25, -0.2) is 4.79 Å². The summed E-state index contributed by atoms with van der Waals surface area (Å²) in [4.78, 5) is 11.7. The lowest BCUT2D eigenvalue weighted by molar-refractivity contribution is -0.145. The highest BCUT2D eigenvalue weighted by Gasteiger charge is 2.30. The van der Waals surface area contributed by atoms with Gasteiger partial charge in [0.1, 0.15) is 0 Å². The number of carbonyl (C=O) groups excluding carboxylic acids is 1. The van der Waals surface area contributed by atoms with Crippen LogP contribution in [0.25, 0.3) is 0 Å². The van der Waals surface area contributed by atoms with E-state index >= 15 is 0 Å². The third-order valence-electron chi connectivity index (χ3n) is 3.44. The number of rotatable bonds is 6. The maximum absolute atomic E-state index is 11.7. The molecule has 1 saturated heterocycles. The number of hydrogen-bond donors (Lipinski definition) is 2. The summed E-state index contributed by atoms with van der Waals surface area (Å²) in [5.74, 6) is -0.219. The van der Waals surface area contributed by atoms with Crippen LogP contribution in [0.2, 0.25) is 0 Å². The molecule has 112 valence electrons. The second-order valence-electron chi connectivity index (χ2n) is 5.18. The normalized spacial score (nSPS) is 18.7. The van der Waals surface area contributed by atoms with Crippen molar-refractivity contribution in [2.24, 2.45) is 0 Å². The van der Waals surface area contributed by atoms with Crippen LogP contribution in [0.1, 0.15) is 31.7 Å². The largest absolute Gasteiger partial charge is 0.348 e. The predicted molar refractivity (Wildman–Crippen MR) is 79.1 cm³/mol. The van der Waals surface area contributed by atoms with Crippen molar-refractivity contribution in [3.05, 3.63) is 22.4 Å². The second-order valence-corrected chi connectivity index (χ2v) is 5.96. The van der Waals surface area contributed by atoms with Crippen LogP contribution in [0.5, 0.6) is 0 Å². The van der Waals surface area contributed by atoms with Crippen LogP contribution in [0.15, 0.2) is 16.8 Å². The lowest BCUT2D eigenvalue weighted by Crippen LogP contribution is -2.40. The van der Waals surface area contributed by atoms with E-state index in [1.807, 2.05) is 12.3 Å². The molecule has 0 radical (unpaired) electrons. The van der Waals surface area contributed by atoms with Gasteiger partial charge in [-0.2, -0.15) is 11.3 Å². The summed E-state index contributed by atoms with van der Waals surface area (Å²) in [7, 11) is 0. The highest BCUT2D eigenvalue weighted by atomic mass is 32.1. The van der Waals surface area contributed by atoms with Crippen molar-refractivity contribution in [3.63, 3.8) is 0 Å². The van der Waals surface area contributed by atoms with E-state index in [1.54, 1.807) is 11.3 Å². The van der Waals surface area contributed by atoms with Gasteiger partial charge in [-0.05, 0) is 35.2 Å². The van der Waals surface area contributed by atoms with E-state index in [0.29, 0.717) is 38.6 Å². The first-order valence-electron chi connectivity index (χ1n) is 6.91. The maximum atomic E-state index is 11.7. The number of carbonyl (C=O) groups is 1. The molecular formula is C14H22N2O3S. The minimum atomic E-state index is -0.544. The predicted octanol–water partition coefficient (Wildman–Crippen LogP) is 2.30. The summed E-state index contributed by atoms with van der Waals surface area (Å²) in [5.41, 5.74) is 1.26. The zero-order chi connectivity index (χ0) is 14.4. The highest BCUT2D eigenvalue weighted by Crippen LogP contribution is 2.21. The van der Waals surface area contributed by atoms with Crippen LogP contribution in [0.4, 0.5) is 4.79 Å². The standard InChI is InChI=1S/C14H22N2O3S/c1-11(12-3-8-20-10-12)9-16-13(17)15-5-4-14(2)18-6-7-19-14/h3,8,10-11H,4-7,9H2,1-2H3,(H2,15,16,17)/t11-/m0/s1. The van der Waals surface area contributed by atoms with Gasteiger partial charge >= 0.3 is 6.03 Å². The van der Waals surface area contributed by atoms with E-state index in [2.05, 4.69) is 29.0 Å². The summed E-state index contributed by atoms with van der Waals surface area (Å²) in [6.07, 6.45) is 0.653. The van der Waals surface area contributed by atoms with Crippen LogP contribution >= 0.6 is 11.3 Å². The number of amides is 2. The molecule has 1 aromatic heterocycles. The molecule has 0 spiro atoms. The van der Waals surface area contributed by atoms with Crippen LogP contribution < -0.4 is 10.6 Å². The SMILES string of the molecule is C[C@@H](CNC(=O)NCCC1(C)OCCO1)c1ccsc1. The number of hydrogen-bond acceptors (Lipinski definition) is 4. The monoisotopic (exact) mass is 298 g/mol. The van der Waals surface area contributed by atoms with E-state index in [-0.39, 0.29) is 6.03 Å². The first kappa shape index (κ1) is 15.3. The van der Waals surface area contributed by atoms with Crippen molar-refractivity contribution >= 4 is 17.4 Å². The molecule has 6 heteroatoms. The van der Waals surface area contributed by atoms with Gasteiger partial charge in [0.2, 0.25) is 0 Å². The number of urea groups is 1. The first-order valence-corrected chi connectivity index (χ1v) is 7.85. The van der Waals surface area contributed by atoms with Crippen LogP contribution in [0.3, 0.4) is 0 Å². The Kier molecular flexibility index (Phi) is 5.39. The molecule has 0 aliphatic carbocycles. The number of nitrogens with one attached hydrogen (secondary N) is 2. The smallest absolute Gasteiger partial charge is 0.314 e. The fourth-order valence-corrected chi connectivity index (χ4v) is 2.87. The molecule has 1 fully saturated rings. The van der Waals surface area contributed by atoms with Gasteiger partial charge < -0.3 is 20.1 Å². The molecule has 2 N–H and O–H groups in total. The molecule has 5 nitrogen and oxygen atoms in total. The maximum Gasteiger partial charge on any atom is 0.314 e. The van der Waals surface area contributed by atoms with Crippen molar-refractivity contribution in [2.75, 3.05) is 26.3 Å². The minimum Gasteiger partial charge on any atom is -0.348 e. The van der Waals surface area contributed by atoms with Crippen LogP contribution in [-0.4, -0.2) is 38.1 Å². The summed E-state index contributed by atoms with van der Waals surface area (Å²) in [6.45, 7) is 6.42. The zero-order valence-corrected chi connectivity index (χ0v) is 12.8. The molecule has 2 heterocycles. The Morgan fingerprint density at radius 3 is 2.85 bits per heavy atom. The van der Waals surface area contributed by atoms with Crippen molar-refractivity contribution < 1.29 is 14.3 Å². The number of thiophene rings is 1. The molecule has 0 bridgehead atoms. The van der Waals surface area contributed by atoms with Gasteiger partial charge in [0, 0.05) is 19.5 Å². The average molecular weight is 298 g/mol.